The Bertz CT molecular complexity index is 1040. The average molecular weight is 451 g/mol. The van der Waals surface area contributed by atoms with Crippen molar-refractivity contribution in [3.63, 3.8) is 0 Å². The molecule has 0 saturated heterocycles. The molecule has 2 amide bonds. The van der Waals surface area contributed by atoms with Crippen LogP contribution in [0.1, 0.15) is 34.8 Å². The first-order chi connectivity index (χ1) is 13.8. The fourth-order valence-electron chi connectivity index (χ4n) is 2.51. The van der Waals surface area contributed by atoms with E-state index >= 15 is 0 Å². The third-order valence-electron chi connectivity index (χ3n) is 3.92. The minimum atomic E-state index is -0.391. The van der Waals surface area contributed by atoms with Crippen LogP contribution in [0, 0.1) is 6.92 Å². The van der Waals surface area contributed by atoms with Crippen molar-refractivity contribution in [2.24, 2.45) is 7.05 Å². The minimum absolute atomic E-state index is 0.172. The van der Waals surface area contributed by atoms with Crippen LogP contribution >= 0.6 is 34.7 Å². The maximum absolute atomic E-state index is 12.4. The number of carbonyl (C=O) groups is 2. The van der Waals surface area contributed by atoms with Gasteiger partial charge < -0.3 is 15.2 Å². The van der Waals surface area contributed by atoms with Crippen molar-refractivity contribution in [1.29, 1.82) is 0 Å². The number of aromatic nitrogens is 4. The number of benzene rings is 1. The van der Waals surface area contributed by atoms with Gasteiger partial charge in [-0.3, -0.25) is 9.59 Å². The van der Waals surface area contributed by atoms with Gasteiger partial charge in [0.2, 0.25) is 5.91 Å². The fraction of sp³-hybridized carbons (Fsp3) is 0.278. The zero-order valence-corrected chi connectivity index (χ0v) is 18.4. The SMILES string of the molecule is Cc1csc(NC(=O)CSc2nnc([C@H](C)NC(=O)c3ccccc3Cl)n2C)n1. The summed E-state index contributed by atoms with van der Waals surface area (Å²) in [5, 5.41) is 17.3. The molecule has 2 heterocycles. The molecule has 0 spiro atoms. The highest BCUT2D eigenvalue weighted by Gasteiger charge is 2.20. The number of rotatable bonds is 7. The van der Waals surface area contributed by atoms with Crippen LogP contribution in [0.3, 0.4) is 0 Å². The Morgan fingerprint density at radius 2 is 2.07 bits per heavy atom. The van der Waals surface area contributed by atoms with Gasteiger partial charge in [-0.15, -0.1) is 21.5 Å². The molecule has 29 heavy (non-hydrogen) atoms. The van der Waals surface area contributed by atoms with E-state index in [1.54, 1.807) is 35.9 Å². The summed E-state index contributed by atoms with van der Waals surface area (Å²) in [4.78, 5) is 28.7. The Morgan fingerprint density at radius 3 is 2.76 bits per heavy atom. The molecular formula is C18H19ClN6O2S2. The van der Waals surface area contributed by atoms with Gasteiger partial charge in [0.25, 0.3) is 5.91 Å². The van der Waals surface area contributed by atoms with E-state index in [-0.39, 0.29) is 17.6 Å². The van der Waals surface area contributed by atoms with Crippen molar-refractivity contribution in [1.82, 2.24) is 25.1 Å². The topological polar surface area (TPSA) is 102 Å². The number of aryl methyl sites for hydroxylation is 1. The minimum Gasteiger partial charge on any atom is -0.342 e. The summed E-state index contributed by atoms with van der Waals surface area (Å²) in [6.07, 6.45) is 0. The molecule has 0 bridgehead atoms. The Hall–Kier alpha value is -2.43. The highest BCUT2D eigenvalue weighted by Crippen LogP contribution is 2.21. The number of amides is 2. The molecule has 2 aromatic heterocycles. The molecule has 0 radical (unpaired) electrons. The summed E-state index contributed by atoms with van der Waals surface area (Å²) in [5.74, 6) is 0.279. The first-order valence-corrected chi connectivity index (χ1v) is 10.9. The molecule has 0 unspecified atom stereocenters. The lowest BCUT2D eigenvalue weighted by atomic mass is 10.2. The Morgan fingerprint density at radius 1 is 1.31 bits per heavy atom. The van der Waals surface area contributed by atoms with Gasteiger partial charge >= 0.3 is 0 Å². The molecule has 0 aliphatic heterocycles. The average Bonchev–Trinajstić information content (AvgIpc) is 3.25. The van der Waals surface area contributed by atoms with Crippen LogP contribution in [-0.2, 0) is 11.8 Å². The molecule has 1 aromatic carbocycles. The van der Waals surface area contributed by atoms with Crippen LogP contribution in [0.5, 0.6) is 0 Å². The van der Waals surface area contributed by atoms with E-state index in [1.807, 2.05) is 19.2 Å². The molecule has 3 rings (SSSR count). The number of halogens is 1. The molecule has 11 heteroatoms. The summed E-state index contributed by atoms with van der Waals surface area (Å²) < 4.78 is 1.75. The van der Waals surface area contributed by atoms with Gasteiger partial charge in [0.05, 0.1) is 28.1 Å². The van der Waals surface area contributed by atoms with Crippen molar-refractivity contribution in [2.45, 2.75) is 25.0 Å². The first kappa shape index (κ1) is 21.3. The summed E-state index contributed by atoms with van der Waals surface area (Å²) in [6.45, 7) is 3.68. The zero-order chi connectivity index (χ0) is 21.0. The summed E-state index contributed by atoms with van der Waals surface area (Å²) in [7, 11) is 1.79. The predicted molar refractivity (Wildman–Crippen MR) is 115 cm³/mol. The number of nitrogens with zero attached hydrogens (tertiary/aromatic N) is 4. The summed E-state index contributed by atoms with van der Waals surface area (Å²) in [6, 6.07) is 6.44. The molecule has 0 aliphatic carbocycles. The van der Waals surface area contributed by atoms with Crippen LogP contribution < -0.4 is 10.6 Å². The fourth-order valence-corrected chi connectivity index (χ4v) is 4.15. The number of hydrogen-bond acceptors (Lipinski definition) is 7. The molecule has 1 atom stereocenters. The Balaban J connectivity index is 1.59. The van der Waals surface area contributed by atoms with Crippen LogP contribution in [-0.4, -0.2) is 37.3 Å². The third-order valence-corrected chi connectivity index (χ3v) is 6.15. The summed E-state index contributed by atoms with van der Waals surface area (Å²) in [5.41, 5.74) is 1.26. The number of carbonyl (C=O) groups excluding carboxylic acids is 2. The third kappa shape index (κ3) is 5.34. The molecule has 3 aromatic rings. The van der Waals surface area contributed by atoms with Gasteiger partial charge in [0.15, 0.2) is 16.1 Å². The Labute approximate surface area is 181 Å². The molecule has 2 N–H and O–H groups in total. The van der Waals surface area contributed by atoms with Crippen molar-refractivity contribution in [3.05, 3.63) is 51.7 Å². The number of thiazole rings is 1. The van der Waals surface area contributed by atoms with Crippen LogP contribution in [0.2, 0.25) is 5.02 Å². The number of nitrogens with one attached hydrogen (secondary N) is 2. The van der Waals surface area contributed by atoms with Gasteiger partial charge in [0.1, 0.15) is 0 Å². The lowest BCUT2D eigenvalue weighted by Crippen LogP contribution is -2.28. The standard InChI is InChI=1S/C18H19ClN6O2S2/c1-10-8-28-17(20-10)22-14(26)9-29-18-24-23-15(25(18)3)11(2)21-16(27)12-6-4-5-7-13(12)19/h4-8,11H,9H2,1-3H3,(H,21,27)(H,20,22,26)/t11-/m0/s1. The first-order valence-electron chi connectivity index (χ1n) is 8.64. The molecule has 152 valence electrons. The van der Waals surface area contributed by atoms with E-state index in [1.165, 1.54) is 23.1 Å². The lowest BCUT2D eigenvalue weighted by Gasteiger charge is -2.14. The van der Waals surface area contributed by atoms with Crippen LogP contribution in [0.25, 0.3) is 0 Å². The largest absolute Gasteiger partial charge is 0.342 e. The van der Waals surface area contributed by atoms with Gasteiger partial charge in [-0.2, -0.15) is 0 Å². The van der Waals surface area contributed by atoms with E-state index in [9.17, 15) is 9.59 Å². The normalized spacial score (nSPS) is 11.9. The van der Waals surface area contributed by atoms with E-state index < -0.39 is 6.04 Å². The molecule has 8 nitrogen and oxygen atoms in total. The van der Waals surface area contributed by atoms with Crippen molar-refractivity contribution in [2.75, 3.05) is 11.1 Å². The van der Waals surface area contributed by atoms with Gasteiger partial charge in [-0.1, -0.05) is 35.5 Å². The second-order valence-electron chi connectivity index (χ2n) is 6.21. The lowest BCUT2D eigenvalue weighted by molar-refractivity contribution is -0.113. The van der Waals surface area contributed by atoms with E-state index in [0.29, 0.717) is 26.7 Å². The number of anilines is 1. The van der Waals surface area contributed by atoms with Crippen molar-refractivity contribution < 1.29 is 9.59 Å². The monoisotopic (exact) mass is 450 g/mol. The zero-order valence-electron chi connectivity index (χ0n) is 16.0. The van der Waals surface area contributed by atoms with Gasteiger partial charge in [-0.25, -0.2) is 4.98 Å². The Kier molecular flexibility index (Phi) is 6.88. The highest BCUT2D eigenvalue weighted by atomic mass is 35.5. The number of hydrogen-bond donors (Lipinski definition) is 2. The second kappa shape index (κ2) is 9.38. The highest BCUT2D eigenvalue weighted by molar-refractivity contribution is 7.99. The maximum Gasteiger partial charge on any atom is 0.253 e. The quantitative estimate of drug-likeness (QED) is 0.534. The van der Waals surface area contributed by atoms with Crippen molar-refractivity contribution in [3.8, 4) is 0 Å². The molecular weight excluding hydrogens is 432 g/mol. The van der Waals surface area contributed by atoms with E-state index in [2.05, 4.69) is 25.8 Å². The molecule has 0 aliphatic rings. The van der Waals surface area contributed by atoms with Crippen LogP contribution in [0.15, 0.2) is 34.8 Å². The summed E-state index contributed by atoms with van der Waals surface area (Å²) >= 11 is 8.71. The van der Waals surface area contributed by atoms with Gasteiger partial charge in [-0.05, 0) is 26.0 Å². The van der Waals surface area contributed by atoms with E-state index in [0.717, 1.165) is 5.69 Å². The predicted octanol–water partition coefficient (Wildman–Crippen LogP) is 3.46. The number of thioether (sulfide) groups is 1. The second-order valence-corrected chi connectivity index (χ2v) is 8.41. The van der Waals surface area contributed by atoms with Gasteiger partial charge in [0, 0.05) is 12.4 Å². The van der Waals surface area contributed by atoms with E-state index in [4.69, 9.17) is 11.6 Å². The molecule has 0 fully saturated rings. The molecule has 0 saturated carbocycles. The smallest absolute Gasteiger partial charge is 0.253 e. The maximum atomic E-state index is 12.4. The van der Waals surface area contributed by atoms with Crippen molar-refractivity contribution >= 4 is 51.6 Å². The van der Waals surface area contributed by atoms with Crippen LogP contribution in [0.4, 0.5) is 5.13 Å².